The number of benzene rings is 1. The number of furan rings is 1. The zero-order valence-electron chi connectivity index (χ0n) is 15.2. The van der Waals surface area contributed by atoms with Gasteiger partial charge in [-0.1, -0.05) is 23.7 Å². The van der Waals surface area contributed by atoms with Gasteiger partial charge in [-0.3, -0.25) is 14.7 Å². The van der Waals surface area contributed by atoms with Crippen LogP contribution in [0.4, 0.5) is 0 Å². The van der Waals surface area contributed by atoms with E-state index in [2.05, 4.69) is 21.3 Å². The summed E-state index contributed by atoms with van der Waals surface area (Å²) in [6, 6.07) is 11.6. The van der Waals surface area contributed by atoms with Crippen LogP contribution in [0.1, 0.15) is 34.7 Å². The Balaban J connectivity index is 1.37. The Bertz CT molecular complexity index is 961. The summed E-state index contributed by atoms with van der Waals surface area (Å²) in [5, 5.41) is 4.94. The second kappa shape index (κ2) is 7.71. The fourth-order valence-corrected chi connectivity index (χ4v) is 3.82. The van der Waals surface area contributed by atoms with Gasteiger partial charge in [-0.15, -0.1) is 0 Å². The summed E-state index contributed by atoms with van der Waals surface area (Å²) < 4.78 is 5.40. The van der Waals surface area contributed by atoms with Gasteiger partial charge >= 0.3 is 0 Å². The highest BCUT2D eigenvalue weighted by atomic mass is 35.5. The molecule has 0 spiro atoms. The van der Waals surface area contributed by atoms with Crippen LogP contribution < -0.4 is 5.32 Å². The summed E-state index contributed by atoms with van der Waals surface area (Å²) in [6.45, 7) is 4.41. The number of aryl methyl sites for hydroxylation is 1. The number of aromatic nitrogens is 1. The Morgan fingerprint density at radius 3 is 2.81 bits per heavy atom. The molecule has 1 fully saturated rings. The highest BCUT2D eigenvalue weighted by Crippen LogP contribution is 2.27. The second-order valence-corrected chi connectivity index (χ2v) is 7.44. The van der Waals surface area contributed by atoms with Crippen molar-refractivity contribution in [2.45, 2.75) is 32.4 Å². The summed E-state index contributed by atoms with van der Waals surface area (Å²) in [5.74, 6) is 0.988. The number of nitrogens with one attached hydrogen (secondary N) is 1. The van der Waals surface area contributed by atoms with E-state index in [1.165, 1.54) is 0 Å². The molecule has 0 bridgehead atoms. The Morgan fingerprint density at radius 1 is 1.26 bits per heavy atom. The zero-order chi connectivity index (χ0) is 18.8. The van der Waals surface area contributed by atoms with Crippen LogP contribution >= 0.6 is 11.6 Å². The van der Waals surface area contributed by atoms with E-state index in [9.17, 15) is 4.79 Å². The number of hydrogen-bond donors (Lipinski definition) is 1. The number of halogens is 1. The van der Waals surface area contributed by atoms with Gasteiger partial charge in [0.15, 0.2) is 5.76 Å². The predicted molar refractivity (Wildman–Crippen MR) is 106 cm³/mol. The van der Waals surface area contributed by atoms with Crippen molar-refractivity contribution in [1.82, 2.24) is 15.2 Å². The quantitative estimate of drug-likeness (QED) is 0.734. The molecule has 0 aliphatic carbocycles. The first kappa shape index (κ1) is 18.0. The number of amides is 1. The lowest BCUT2D eigenvalue weighted by Gasteiger charge is -2.32. The number of rotatable bonds is 4. The highest BCUT2D eigenvalue weighted by Gasteiger charge is 2.23. The number of carbonyl (C=O) groups is 1. The molecule has 3 heterocycles. The number of fused-ring (bicyclic) bond motifs is 1. The first-order valence-electron chi connectivity index (χ1n) is 9.22. The first-order valence-corrected chi connectivity index (χ1v) is 9.60. The monoisotopic (exact) mass is 383 g/mol. The predicted octanol–water partition coefficient (Wildman–Crippen LogP) is 4.18. The van der Waals surface area contributed by atoms with Crippen LogP contribution in [0.5, 0.6) is 0 Å². The number of pyridine rings is 1. The molecule has 1 aromatic carbocycles. The van der Waals surface area contributed by atoms with Crippen molar-refractivity contribution in [3.05, 3.63) is 64.7 Å². The van der Waals surface area contributed by atoms with Gasteiger partial charge in [0.1, 0.15) is 5.76 Å². The maximum atomic E-state index is 12.2. The summed E-state index contributed by atoms with van der Waals surface area (Å²) in [6.07, 6.45) is 3.61. The molecule has 1 amide bonds. The van der Waals surface area contributed by atoms with Gasteiger partial charge in [0.2, 0.25) is 0 Å². The normalized spacial score (nSPS) is 15.9. The number of piperidine rings is 1. The van der Waals surface area contributed by atoms with Crippen molar-refractivity contribution < 1.29 is 9.21 Å². The van der Waals surface area contributed by atoms with E-state index in [0.29, 0.717) is 5.76 Å². The van der Waals surface area contributed by atoms with Crippen LogP contribution in [0, 0.1) is 6.92 Å². The first-order chi connectivity index (χ1) is 13.1. The summed E-state index contributed by atoms with van der Waals surface area (Å²) in [5.41, 5.74) is 2.04. The summed E-state index contributed by atoms with van der Waals surface area (Å²) in [4.78, 5) is 19.1. The molecule has 1 saturated heterocycles. The lowest BCUT2D eigenvalue weighted by atomic mass is 10.0. The molecule has 0 saturated carbocycles. The topological polar surface area (TPSA) is 58.4 Å². The van der Waals surface area contributed by atoms with Gasteiger partial charge in [-0.05, 0) is 44.0 Å². The van der Waals surface area contributed by atoms with Crippen LogP contribution in [0.25, 0.3) is 10.9 Å². The van der Waals surface area contributed by atoms with Crippen LogP contribution in [0.3, 0.4) is 0 Å². The Kier molecular flexibility index (Phi) is 5.14. The maximum Gasteiger partial charge on any atom is 0.287 e. The van der Waals surface area contributed by atoms with Crippen molar-refractivity contribution >= 4 is 28.4 Å². The molecule has 6 heteroatoms. The highest BCUT2D eigenvalue weighted by molar-refractivity contribution is 6.32. The Labute approximate surface area is 163 Å². The number of hydrogen-bond acceptors (Lipinski definition) is 4. The van der Waals surface area contributed by atoms with Crippen LogP contribution in [0.2, 0.25) is 5.02 Å². The lowest BCUT2D eigenvalue weighted by Crippen LogP contribution is -2.44. The fraction of sp³-hybridized carbons (Fsp3) is 0.333. The summed E-state index contributed by atoms with van der Waals surface area (Å²) >= 11 is 6.46. The van der Waals surface area contributed by atoms with E-state index >= 15 is 0 Å². The van der Waals surface area contributed by atoms with Crippen molar-refractivity contribution in [3.63, 3.8) is 0 Å². The standard InChI is InChI=1S/C21H22ClN3O2/c1-14-4-7-19(27-14)21(26)24-16-8-11-25(12-9-16)13-17-18(22)6-5-15-3-2-10-23-20(15)17/h2-7,10,16H,8-9,11-13H2,1H3,(H,24,26). The Morgan fingerprint density at radius 2 is 2.07 bits per heavy atom. The maximum absolute atomic E-state index is 12.2. The fourth-order valence-electron chi connectivity index (χ4n) is 3.60. The van der Waals surface area contributed by atoms with Gasteiger partial charge in [-0.2, -0.15) is 0 Å². The van der Waals surface area contributed by atoms with Crippen molar-refractivity contribution in [2.75, 3.05) is 13.1 Å². The van der Waals surface area contributed by atoms with Gasteiger partial charge in [-0.25, -0.2) is 0 Å². The SMILES string of the molecule is Cc1ccc(C(=O)NC2CCN(Cc3c(Cl)ccc4cccnc34)CC2)o1. The molecule has 1 aliphatic heterocycles. The van der Waals surface area contributed by atoms with Crippen LogP contribution in [-0.2, 0) is 6.54 Å². The lowest BCUT2D eigenvalue weighted by molar-refractivity contribution is 0.0880. The van der Waals surface area contributed by atoms with Gasteiger partial charge in [0.05, 0.1) is 5.52 Å². The third kappa shape index (κ3) is 3.99. The average molecular weight is 384 g/mol. The molecular formula is C21H22ClN3O2. The average Bonchev–Trinajstić information content (AvgIpc) is 3.12. The number of carbonyl (C=O) groups excluding carboxylic acids is 1. The molecule has 1 N–H and O–H groups in total. The molecule has 3 aromatic rings. The van der Waals surface area contributed by atoms with E-state index in [1.54, 1.807) is 18.3 Å². The molecule has 27 heavy (non-hydrogen) atoms. The van der Waals surface area contributed by atoms with Crippen molar-refractivity contribution in [3.8, 4) is 0 Å². The van der Waals surface area contributed by atoms with Gasteiger partial charge in [0, 0.05) is 47.8 Å². The van der Waals surface area contributed by atoms with E-state index in [-0.39, 0.29) is 11.9 Å². The molecule has 4 rings (SSSR count). The zero-order valence-corrected chi connectivity index (χ0v) is 16.0. The van der Waals surface area contributed by atoms with Gasteiger partial charge in [0.25, 0.3) is 5.91 Å². The minimum Gasteiger partial charge on any atom is -0.456 e. The molecule has 5 nitrogen and oxygen atoms in total. The molecule has 1 aliphatic rings. The van der Waals surface area contributed by atoms with Crippen molar-refractivity contribution in [2.24, 2.45) is 0 Å². The van der Waals surface area contributed by atoms with Crippen LogP contribution in [0.15, 0.2) is 47.0 Å². The second-order valence-electron chi connectivity index (χ2n) is 7.04. The molecule has 0 atom stereocenters. The number of nitrogens with zero attached hydrogens (tertiary/aromatic N) is 2. The van der Waals surface area contributed by atoms with E-state index < -0.39 is 0 Å². The molecule has 140 valence electrons. The minimum atomic E-state index is -0.136. The van der Waals surface area contributed by atoms with Crippen molar-refractivity contribution in [1.29, 1.82) is 0 Å². The number of likely N-dealkylation sites (tertiary alicyclic amines) is 1. The molecule has 0 unspecified atom stereocenters. The Hall–Kier alpha value is -2.37. The van der Waals surface area contributed by atoms with Crippen LogP contribution in [-0.4, -0.2) is 34.9 Å². The molecular weight excluding hydrogens is 362 g/mol. The molecule has 0 radical (unpaired) electrons. The smallest absolute Gasteiger partial charge is 0.287 e. The third-order valence-electron chi connectivity index (χ3n) is 5.09. The van der Waals surface area contributed by atoms with E-state index in [0.717, 1.165) is 59.7 Å². The summed E-state index contributed by atoms with van der Waals surface area (Å²) in [7, 11) is 0. The third-order valence-corrected chi connectivity index (χ3v) is 5.45. The van der Waals surface area contributed by atoms with Gasteiger partial charge < -0.3 is 9.73 Å². The minimum absolute atomic E-state index is 0.136. The molecule has 2 aromatic heterocycles. The van der Waals surface area contributed by atoms with E-state index in [4.69, 9.17) is 16.0 Å². The largest absolute Gasteiger partial charge is 0.456 e. The van der Waals surface area contributed by atoms with E-state index in [1.807, 2.05) is 25.1 Å².